The molecule has 1 atom stereocenters. The molecule has 2 aromatic rings. The number of nitrogens with zero attached hydrogens (tertiary/aromatic N) is 1. The summed E-state index contributed by atoms with van der Waals surface area (Å²) in [4.78, 5) is 14.4. The molecule has 28 heavy (non-hydrogen) atoms. The van der Waals surface area contributed by atoms with Gasteiger partial charge in [0.2, 0.25) is 0 Å². The quantitative estimate of drug-likeness (QED) is 0.698. The van der Waals surface area contributed by atoms with Gasteiger partial charge in [-0.25, -0.2) is 9.18 Å². The predicted molar refractivity (Wildman–Crippen MR) is 111 cm³/mol. The number of hydrogen-bond donors (Lipinski definition) is 3. The third kappa shape index (κ3) is 3.94. The minimum Gasteiger partial charge on any atom is -0.487 e. The first kappa shape index (κ1) is 20.4. The van der Waals surface area contributed by atoms with Gasteiger partial charge < -0.3 is 21.1 Å². The van der Waals surface area contributed by atoms with Crippen LogP contribution in [0.5, 0.6) is 5.75 Å². The minimum atomic E-state index is -0.501. The number of ether oxygens (including phenoxy) is 1. The summed E-state index contributed by atoms with van der Waals surface area (Å²) >= 11 is 1.57. The van der Waals surface area contributed by atoms with Crippen molar-refractivity contribution in [3.63, 3.8) is 0 Å². The number of thiophene rings is 1. The van der Waals surface area contributed by atoms with E-state index in [9.17, 15) is 9.18 Å². The lowest BCUT2D eigenvalue weighted by Gasteiger charge is -2.30. The van der Waals surface area contributed by atoms with Crippen LogP contribution in [0.2, 0.25) is 0 Å². The molecule has 2 aliphatic heterocycles. The van der Waals surface area contributed by atoms with E-state index in [4.69, 9.17) is 10.5 Å². The topological polar surface area (TPSA) is 79.6 Å². The average molecular weight is 425 g/mol. The molecule has 0 radical (unpaired) electrons. The minimum absolute atomic E-state index is 0. The van der Waals surface area contributed by atoms with Crippen LogP contribution in [-0.2, 0) is 6.54 Å². The van der Waals surface area contributed by atoms with Gasteiger partial charge in [0.25, 0.3) is 0 Å². The molecule has 0 bridgehead atoms. The van der Waals surface area contributed by atoms with Crippen molar-refractivity contribution in [1.29, 1.82) is 0 Å². The van der Waals surface area contributed by atoms with E-state index in [1.807, 2.05) is 18.4 Å². The number of carbonyl (C=O) groups is 1. The summed E-state index contributed by atoms with van der Waals surface area (Å²) in [6, 6.07) is 5.94. The van der Waals surface area contributed by atoms with Gasteiger partial charge >= 0.3 is 6.03 Å². The van der Waals surface area contributed by atoms with Crippen molar-refractivity contribution in [2.45, 2.75) is 26.0 Å². The zero-order valence-corrected chi connectivity index (χ0v) is 17.0. The van der Waals surface area contributed by atoms with Crippen LogP contribution in [0.3, 0.4) is 0 Å². The molecule has 2 amide bonds. The summed E-state index contributed by atoms with van der Waals surface area (Å²) in [6.07, 6.45) is 0.884. The molecular formula is C19H22ClFN4O2S. The van der Waals surface area contributed by atoms with Gasteiger partial charge in [-0.3, -0.25) is 4.90 Å². The number of halogens is 2. The van der Waals surface area contributed by atoms with Crippen molar-refractivity contribution in [2.75, 3.05) is 18.4 Å². The Morgan fingerprint density at radius 1 is 1.43 bits per heavy atom. The summed E-state index contributed by atoms with van der Waals surface area (Å²) < 4.78 is 19.8. The van der Waals surface area contributed by atoms with Crippen molar-refractivity contribution in [1.82, 2.24) is 10.2 Å². The van der Waals surface area contributed by atoms with E-state index in [-0.39, 0.29) is 24.3 Å². The molecule has 3 heterocycles. The lowest BCUT2D eigenvalue weighted by Crippen LogP contribution is -2.36. The van der Waals surface area contributed by atoms with E-state index in [0.717, 1.165) is 41.3 Å². The molecule has 9 heteroatoms. The Labute approximate surface area is 173 Å². The molecule has 6 nitrogen and oxygen atoms in total. The van der Waals surface area contributed by atoms with Crippen molar-refractivity contribution < 1.29 is 13.9 Å². The highest BCUT2D eigenvalue weighted by Crippen LogP contribution is 2.37. The zero-order valence-electron chi connectivity index (χ0n) is 15.3. The van der Waals surface area contributed by atoms with E-state index in [2.05, 4.69) is 10.6 Å². The number of fused-ring (bicyclic) bond motifs is 1. The van der Waals surface area contributed by atoms with Gasteiger partial charge in [0, 0.05) is 28.7 Å². The number of nitrogens with one attached hydrogen (secondary N) is 2. The molecule has 4 rings (SSSR count). The third-order valence-electron chi connectivity index (χ3n) is 4.86. The van der Waals surface area contributed by atoms with Gasteiger partial charge in [0.1, 0.15) is 17.7 Å². The van der Waals surface area contributed by atoms with Crippen LogP contribution >= 0.6 is 23.7 Å². The molecule has 150 valence electrons. The van der Waals surface area contributed by atoms with Gasteiger partial charge in [-0.15, -0.1) is 23.7 Å². The number of primary amides is 1. The number of anilines is 1. The van der Waals surface area contributed by atoms with Crippen LogP contribution in [0.4, 0.5) is 14.9 Å². The van der Waals surface area contributed by atoms with Crippen molar-refractivity contribution >= 4 is 41.2 Å². The van der Waals surface area contributed by atoms with Crippen LogP contribution in [0.1, 0.15) is 23.8 Å². The fourth-order valence-corrected chi connectivity index (χ4v) is 4.29. The zero-order chi connectivity index (χ0) is 19.0. The van der Waals surface area contributed by atoms with Crippen molar-refractivity contribution in [3.05, 3.63) is 51.6 Å². The summed E-state index contributed by atoms with van der Waals surface area (Å²) in [6.45, 7) is 3.93. The summed E-state index contributed by atoms with van der Waals surface area (Å²) in [5.41, 5.74) is 8.72. The molecule has 0 aliphatic carbocycles. The second-order valence-corrected chi connectivity index (χ2v) is 7.64. The predicted octanol–water partition coefficient (Wildman–Crippen LogP) is 3.74. The summed E-state index contributed by atoms with van der Waals surface area (Å²) in [5.74, 6) is 0.0998. The lowest BCUT2D eigenvalue weighted by atomic mass is 10.1. The highest BCUT2D eigenvalue weighted by atomic mass is 35.5. The largest absolute Gasteiger partial charge is 0.487 e. The maximum atomic E-state index is 13.8. The lowest BCUT2D eigenvalue weighted by molar-refractivity contribution is 0.219. The molecular weight excluding hydrogens is 403 g/mol. The second kappa shape index (κ2) is 8.38. The molecule has 4 N–H and O–H groups in total. The maximum Gasteiger partial charge on any atom is 0.319 e. The number of benzene rings is 1. The first-order valence-corrected chi connectivity index (χ1v) is 9.69. The molecule has 1 saturated heterocycles. The van der Waals surface area contributed by atoms with Gasteiger partial charge in [-0.05, 0) is 43.5 Å². The molecule has 0 unspecified atom stereocenters. The van der Waals surface area contributed by atoms with E-state index in [1.165, 1.54) is 17.0 Å². The highest BCUT2D eigenvalue weighted by Gasteiger charge is 2.27. The van der Waals surface area contributed by atoms with Crippen LogP contribution in [0, 0.1) is 5.82 Å². The van der Waals surface area contributed by atoms with E-state index in [0.29, 0.717) is 18.0 Å². The van der Waals surface area contributed by atoms with Crippen LogP contribution in [0.15, 0.2) is 35.3 Å². The first-order chi connectivity index (χ1) is 13.0. The van der Waals surface area contributed by atoms with Gasteiger partial charge in [-0.2, -0.15) is 0 Å². The number of hydrogen-bond acceptors (Lipinski definition) is 5. The fraction of sp³-hybridized carbons (Fsp3) is 0.316. The highest BCUT2D eigenvalue weighted by molar-refractivity contribution is 7.10. The maximum absolute atomic E-state index is 13.8. The number of rotatable bonds is 4. The Hall–Kier alpha value is -2.29. The molecule has 2 aliphatic rings. The summed E-state index contributed by atoms with van der Waals surface area (Å²) in [7, 11) is 0. The van der Waals surface area contributed by atoms with Crippen LogP contribution < -0.4 is 21.1 Å². The third-order valence-corrected chi connectivity index (χ3v) is 5.77. The Bertz CT molecular complexity index is 911. The standard InChI is InChI=1S/C19H21FN4O2S.ClH/c1-11-18(14-5-7-27-17(14)10-24(11)19(21)25)23-15-3-2-12(20)8-16(15)26-13-4-6-22-9-13;/h2-3,5,7-8,13,22-23H,4,6,9-10H2,1H3,(H2,21,25);1H/t13-;/m1./s1. The second-order valence-electron chi connectivity index (χ2n) is 6.64. The van der Waals surface area contributed by atoms with E-state index >= 15 is 0 Å². The molecule has 1 aromatic heterocycles. The molecule has 0 saturated carbocycles. The SMILES string of the molecule is CC1=C(Nc2ccc(F)cc2O[C@@H]2CCNC2)c2ccsc2CN1C(N)=O.Cl. The van der Waals surface area contributed by atoms with Gasteiger partial charge in [0.05, 0.1) is 17.9 Å². The van der Waals surface area contributed by atoms with Gasteiger partial charge in [0.15, 0.2) is 0 Å². The fourth-order valence-electron chi connectivity index (χ4n) is 3.42. The summed E-state index contributed by atoms with van der Waals surface area (Å²) in [5, 5.41) is 8.57. The molecule has 1 aromatic carbocycles. The number of carbonyl (C=O) groups excluding carboxylic acids is 1. The number of amides is 2. The molecule has 1 fully saturated rings. The Morgan fingerprint density at radius 3 is 2.96 bits per heavy atom. The number of nitrogens with two attached hydrogens (primary N) is 1. The Kier molecular flexibility index (Phi) is 6.12. The normalized spacial score (nSPS) is 18.5. The van der Waals surface area contributed by atoms with Crippen LogP contribution in [0.25, 0.3) is 5.70 Å². The van der Waals surface area contributed by atoms with Crippen molar-refractivity contribution in [2.24, 2.45) is 5.73 Å². The smallest absolute Gasteiger partial charge is 0.319 e. The van der Waals surface area contributed by atoms with E-state index < -0.39 is 6.03 Å². The monoisotopic (exact) mass is 424 g/mol. The first-order valence-electron chi connectivity index (χ1n) is 8.81. The van der Waals surface area contributed by atoms with Gasteiger partial charge in [-0.1, -0.05) is 0 Å². The Morgan fingerprint density at radius 2 is 2.25 bits per heavy atom. The number of allylic oxidation sites excluding steroid dienone is 1. The van der Waals surface area contributed by atoms with Crippen molar-refractivity contribution in [3.8, 4) is 5.75 Å². The Balaban J connectivity index is 0.00000225. The van der Waals surface area contributed by atoms with Crippen LogP contribution in [-0.4, -0.2) is 30.1 Å². The van der Waals surface area contributed by atoms with E-state index in [1.54, 1.807) is 17.4 Å². The molecule has 0 spiro atoms. The average Bonchev–Trinajstić information content (AvgIpc) is 3.30. The number of urea groups is 1.